The molecule has 1 rings (SSSR count). The minimum absolute atomic E-state index is 0.301. The van der Waals surface area contributed by atoms with Gasteiger partial charge in [0, 0.05) is 0 Å². The van der Waals surface area contributed by atoms with E-state index in [0.717, 1.165) is 0 Å². The Balaban J connectivity index is 3.05. The minimum Gasteiger partial charge on any atom is -0.493 e. The number of ether oxygens (including phenoxy) is 1. The number of benzene rings is 1. The molecular formula is C8H7Br2FO. The molecule has 12 heavy (non-hydrogen) atoms. The van der Waals surface area contributed by atoms with Crippen LogP contribution >= 0.6 is 31.9 Å². The van der Waals surface area contributed by atoms with Gasteiger partial charge in [-0.25, -0.2) is 4.39 Å². The highest BCUT2D eigenvalue weighted by atomic mass is 79.9. The third-order valence-corrected chi connectivity index (χ3v) is 2.50. The second-order valence-corrected chi connectivity index (χ2v) is 3.84. The maximum Gasteiger partial charge on any atom is 0.138 e. The summed E-state index contributed by atoms with van der Waals surface area (Å²) in [6.07, 6.45) is 0. The van der Waals surface area contributed by atoms with E-state index >= 15 is 0 Å². The van der Waals surface area contributed by atoms with E-state index in [4.69, 9.17) is 4.74 Å². The summed E-state index contributed by atoms with van der Waals surface area (Å²) in [6.45, 7) is 2.44. The molecule has 0 aliphatic carbocycles. The first kappa shape index (κ1) is 9.99. The van der Waals surface area contributed by atoms with Gasteiger partial charge in [-0.05, 0) is 50.9 Å². The van der Waals surface area contributed by atoms with E-state index in [-0.39, 0.29) is 5.82 Å². The second-order valence-electron chi connectivity index (χ2n) is 2.13. The van der Waals surface area contributed by atoms with E-state index in [1.54, 1.807) is 6.07 Å². The predicted molar refractivity (Wildman–Crippen MR) is 53.0 cm³/mol. The first-order chi connectivity index (χ1) is 5.65. The SMILES string of the molecule is CCOc1cc(Br)c(F)cc1Br. The molecule has 1 nitrogen and oxygen atoms in total. The summed E-state index contributed by atoms with van der Waals surface area (Å²) in [4.78, 5) is 0. The number of halogens is 3. The van der Waals surface area contributed by atoms with Crippen molar-refractivity contribution in [1.82, 2.24) is 0 Å². The predicted octanol–water partition coefficient (Wildman–Crippen LogP) is 3.75. The Labute approximate surface area is 87.2 Å². The fraction of sp³-hybridized carbons (Fsp3) is 0.250. The molecule has 1 aromatic carbocycles. The normalized spacial score (nSPS) is 10.0. The average Bonchev–Trinajstić information content (AvgIpc) is 2.01. The molecule has 0 amide bonds. The highest BCUT2D eigenvalue weighted by Crippen LogP contribution is 2.30. The van der Waals surface area contributed by atoms with Gasteiger partial charge in [0.15, 0.2) is 0 Å². The summed E-state index contributed by atoms with van der Waals surface area (Å²) in [5.41, 5.74) is 0. The van der Waals surface area contributed by atoms with Crippen molar-refractivity contribution in [3.8, 4) is 5.75 Å². The molecule has 0 saturated heterocycles. The van der Waals surface area contributed by atoms with Crippen molar-refractivity contribution in [3.05, 3.63) is 26.9 Å². The lowest BCUT2D eigenvalue weighted by molar-refractivity contribution is 0.337. The molecule has 0 saturated carbocycles. The van der Waals surface area contributed by atoms with Crippen LogP contribution in [0.5, 0.6) is 5.75 Å². The second kappa shape index (κ2) is 4.23. The Morgan fingerprint density at radius 3 is 2.58 bits per heavy atom. The average molecular weight is 298 g/mol. The van der Waals surface area contributed by atoms with Gasteiger partial charge in [-0.2, -0.15) is 0 Å². The van der Waals surface area contributed by atoms with Crippen molar-refractivity contribution in [1.29, 1.82) is 0 Å². The van der Waals surface area contributed by atoms with Crippen LogP contribution in [0.2, 0.25) is 0 Å². The summed E-state index contributed by atoms with van der Waals surface area (Å²) in [5.74, 6) is 0.344. The van der Waals surface area contributed by atoms with Crippen LogP contribution in [0.15, 0.2) is 21.1 Å². The number of hydrogen-bond donors (Lipinski definition) is 0. The monoisotopic (exact) mass is 296 g/mol. The Bertz CT molecular complexity index is 289. The van der Waals surface area contributed by atoms with E-state index in [2.05, 4.69) is 31.9 Å². The summed E-state index contributed by atoms with van der Waals surface area (Å²) >= 11 is 6.27. The highest BCUT2D eigenvalue weighted by molar-refractivity contribution is 9.11. The van der Waals surface area contributed by atoms with Crippen LogP contribution in [0.25, 0.3) is 0 Å². The van der Waals surface area contributed by atoms with Gasteiger partial charge < -0.3 is 4.74 Å². The van der Waals surface area contributed by atoms with Gasteiger partial charge in [-0.3, -0.25) is 0 Å². The van der Waals surface area contributed by atoms with Crippen molar-refractivity contribution >= 4 is 31.9 Å². The zero-order chi connectivity index (χ0) is 9.14. The molecule has 0 atom stereocenters. The minimum atomic E-state index is -0.301. The van der Waals surface area contributed by atoms with Crippen LogP contribution in [0, 0.1) is 5.82 Å². The molecule has 0 fully saturated rings. The fourth-order valence-electron chi connectivity index (χ4n) is 0.770. The van der Waals surface area contributed by atoms with Gasteiger partial charge in [0.25, 0.3) is 0 Å². The summed E-state index contributed by atoms with van der Waals surface area (Å²) in [5, 5.41) is 0. The molecule has 4 heteroatoms. The highest BCUT2D eigenvalue weighted by Gasteiger charge is 2.06. The third kappa shape index (κ3) is 2.20. The molecule has 0 radical (unpaired) electrons. The van der Waals surface area contributed by atoms with Gasteiger partial charge in [-0.1, -0.05) is 0 Å². The summed E-state index contributed by atoms with van der Waals surface area (Å²) in [7, 11) is 0. The van der Waals surface area contributed by atoms with Crippen molar-refractivity contribution in [2.24, 2.45) is 0 Å². The van der Waals surface area contributed by atoms with Crippen molar-refractivity contribution in [2.75, 3.05) is 6.61 Å². The number of rotatable bonds is 2. The zero-order valence-electron chi connectivity index (χ0n) is 6.40. The molecular weight excluding hydrogens is 291 g/mol. The topological polar surface area (TPSA) is 9.23 Å². The van der Waals surface area contributed by atoms with Crippen LogP contribution in [-0.2, 0) is 0 Å². The van der Waals surface area contributed by atoms with Crippen LogP contribution in [0.1, 0.15) is 6.92 Å². The Kier molecular flexibility index (Phi) is 3.53. The van der Waals surface area contributed by atoms with Gasteiger partial charge in [0.05, 0.1) is 15.6 Å². The molecule has 0 N–H and O–H groups in total. The fourth-order valence-corrected chi connectivity index (χ4v) is 1.52. The molecule has 0 aliphatic heterocycles. The molecule has 0 bridgehead atoms. The van der Waals surface area contributed by atoms with Crippen LogP contribution in [0.4, 0.5) is 4.39 Å². The van der Waals surface area contributed by atoms with Crippen molar-refractivity contribution in [2.45, 2.75) is 6.92 Å². The van der Waals surface area contributed by atoms with Gasteiger partial charge >= 0.3 is 0 Å². The quantitative estimate of drug-likeness (QED) is 0.756. The molecule has 66 valence electrons. The molecule has 0 unspecified atom stereocenters. The van der Waals surface area contributed by atoms with Crippen LogP contribution < -0.4 is 4.74 Å². The van der Waals surface area contributed by atoms with Crippen LogP contribution in [-0.4, -0.2) is 6.61 Å². The molecule has 0 aliphatic rings. The van der Waals surface area contributed by atoms with Gasteiger partial charge in [-0.15, -0.1) is 0 Å². The molecule has 0 heterocycles. The Morgan fingerprint density at radius 1 is 1.33 bits per heavy atom. The van der Waals surface area contributed by atoms with Crippen molar-refractivity contribution in [3.63, 3.8) is 0 Å². The van der Waals surface area contributed by atoms with Gasteiger partial charge in [0.1, 0.15) is 11.6 Å². The largest absolute Gasteiger partial charge is 0.493 e. The Hall–Kier alpha value is -0.0900. The first-order valence-corrected chi connectivity index (χ1v) is 5.01. The lowest BCUT2D eigenvalue weighted by Gasteiger charge is -2.06. The number of hydrogen-bond acceptors (Lipinski definition) is 1. The van der Waals surface area contributed by atoms with E-state index in [1.807, 2.05) is 6.92 Å². The zero-order valence-corrected chi connectivity index (χ0v) is 9.58. The first-order valence-electron chi connectivity index (χ1n) is 3.42. The van der Waals surface area contributed by atoms with Crippen LogP contribution in [0.3, 0.4) is 0 Å². The standard InChI is InChI=1S/C8H7Br2FO/c1-2-12-8-4-5(9)7(11)3-6(8)10/h3-4H,2H2,1H3. The van der Waals surface area contributed by atoms with E-state index in [1.165, 1.54) is 6.07 Å². The van der Waals surface area contributed by atoms with Crippen molar-refractivity contribution < 1.29 is 9.13 Å². The van der Waals surface area contributed by atoms with E-state index < -0.39 is 0 Å². The summed E-state index contributed by atoms with van der Waals surface area (Å²) < 4.78 is 19.1. The smallest absolute Gasteiger partial charge is 0.138 e. The van der Waals surface area contributed by atoms with E-state index in [9.17, 15) is 4.39 Å². The maximum atomic E-state index is 12.9. The Morgan fingerprint density at radius 2 is 2.00 bits per heavy atom. The molecule has 1 aromatic rings. The van der Waals surface area contributed by atoms with E-state index in [0.29, 0.717) is 21.3 Å². The third-order valence-electron chi connectivity index (χ3n) is 1.27. The lowest BCUT2D eigenvalue weighted by atomic mass is 10.3. The van der Waals surface area contributed by atoms with Gasteiger partial charge in [0.2, 0.25) is 0 Å². The molecule has 0 aromatic heterocycles. The lowest BCUT2D eigenvalue weighted by Crippen LogP contribution is -1.93. The molecule has 0 spiro atoms. The summed E-state index contributed by atoms with van der Waals surface area (Å²) in [6, 6.07) is 2.97. The maximum absolute atomic E-state index is 12.9.